The molecule has 0 saturated heterocycles. The molecule has 0 aromatic heterocycles. The molecule has 80 valence electrons. The van der Waals surface area contributed by atoms with Crippen LogP contribution >= 0.6 is 0 Å². The Hall–Kier alpha value is -0.0800. The number of ether oxygens (including phenoxy) is 1. The van der Waals surface area contributed by atoms with Crippen LogP contribution in [0, 0.1) is 5.41 Å². The molecule has 0 fully saturated rings. The van der Waals surface area contributed by atoms with Gasteiger partial charge in [-0.1, -0.05) is 20.8 Å². The second-order valence-corrected chi connectivity index (χ2v) is 4.08. The predicted octanol–water partition coefficient (Wildman–Crippen LogP) is 2.44. The number of hydrogen-bond donors (Lipinski definition) is 1. The number of hydrogen-bond acceptors (Lipinski definition) is 2. The number of rotatable bonds is 8. The SMILES string of the molecule is CCCNCC(C)(CC)CCOC. The molecule has 1 unspecified atom stereocenters. The molecule has 0 aliphatic heterocycles. The molecule has 2 nitrogen and oxygen atoms in total. The van der Waals surface area contributed by atoms with E-state index >= 15 is 0 Å². The molecule has 0 bridgehead atoms. The van der Waals surface area contributed by atoms with Crippen LogP contribution in [0.2, 0.25) is 0 Å². The van der Waals surface area contributed by atoms with Crippen molar-refractivity contribution in [3.8, 4) is 0 Å². The van der Waals surface area contributed by atoms with Gasteiger partial charge in [-0.2, -0.15) is 0 Å². The predicted molar refractivity (Wildman–Crippen MR) is 58.1 cm³/mol. The summed E-state index contributed by atoms with van der Waals surface area (Å²) in [5, 5.41) is 3.48. The highest BCUT2D eigenvalue weighted by atomic mass is 16.5. The van der Waals surface area contributed by atoms with Crippen molar-refractivity contribution >= 4 is 0 Å². The highest BCUT2D eigenvalue weighted by Gasteiger charge is 2.20. The van der Waals surface area contributed by atoms with E-state index in [1.165, 1.54) is 12.8 Å². The first-order chi connectivity index (χ1) is 6.18. The topological polar surface area (TPSA) is 21.3 Å². The Morgan fingerprint density at radius 3 is 2.46 bits per heavy atom. The molecule has 0 aliphatic rings. The van der Waals surface area contributed by atoms with Gasteiger partial charge in [-0.25, -0.2) is 0 Å². The lowest BCUT2D eigenvalue weighted by molar-refractivity contribution is 0.139. The van der Waals surface area contributed by atoms with Crippen LogP contribution in [0.3, 0.4) is 0 Å². The highest BCUT2D eigenvalue weighted by molar-refractivity contribution is 4.74. The van der Waals surface area contributed by atoms with Crippen molar-refractivity contribution in [1.82, 2.24) is 5.32 Å². The zero-order valence-corrected chi connectivity index (χ0v) is 9.65. The first-order valence-electron chi connectivity index (χ1n) is 5.38. The summed E-state index contributed by atoms with van der Waals surface area (Å²) in [6, 6.07) is 0. The van der Waals surface area contributed by atoms with Crippen molar-refractivity contribution in [3.05, 3.63) is 0 Å². The van der Waals surface area contributed by atoms with Crippen molar-refractivity contribution in [2.45, 2.75) is 40.0 Å². The van der Waals surface area contributed by atoms with Crippen LogP contribution < -0.4 is 5.32 Å². The van der Waals surface area contributed by atoms with Crippen molar-refractivity contribution in [1.29, 1.82) is 0 Å². The van der Waals surface area contributed by atoms with Gasteiger partial charge in [-0.3, -0.25) is 0 Å². The molecule has 0 amide bonds. The fraction of sp³-hybridized carbons (Fsp3) is 1.00. The Balaban J connectivity index is 3.67. The lowest BCUT2D eigenvalue weighted by atomic mass is 9.84. The van der Waals surface area contributed by atoms with Crippen LogP contribution in [0.25, 0.3) is 0 Å². The number of methoxy groups -OCH3 is 1. The summed E-state index contributed by atoms with van der Waals surface area (Å²) in [6.45, 7) is 9.89. The van der Waals surface area contributed by atoms with Gasteiger partial charge in [0.1, 0.15) is 0 Å². The summed E-state index contributed by atoms with van der Waals surface area (Å²) in [5.74, 6) is 0. The molecule has 0 rings (SSSR count). The molecule has 0 spiro atoms. The minimum absolute atomic E-state index is 0.408. The van der Waals surface area contributed by atoms with Crippen molar-refractivity contribution in [2.75, 3.05) is 26.8 Å². The second-order valence-electron chi connectivity index (χ2n) is 4.08. The first kappa shape index (κ1) is 12.9. The van der Waals surface area contributed by atoms with E-state index in [1.807, 2.05) is 0 Å². The second kappa shape index (κ2) is 7.34. The Kier molecular flexibility index (Phi) is 7.29. The third-order valence-electron chi connectivity index (χ3n) is 2.74. The summed E-state index contributed by atoms with van der Waals surface area (Å²) < 4.78 is 5.12. The van der Waals surface area contributed by atoms with Crippen LogP contribution in [-0.2, 0) is 4.74 Å². The van der Waals surface area contributed by atoms with E-state index < -0.39 is 0 Å². The molecule has 1 atom stereocenters. The Labute approximate surface area is 83.1 Å². The fourth-order valence-electron chi connectivity index (χ4n) is 1.31. The molecule has 0 aliphatic carbocycles. The third kappa shape index (κ3) is 6.05. The van der Waals surface area contributed by atoms with Gasteiger partial charge in [-0.15, -0.1) is 0 Å². The standard InChI is InChI=1S/C11H25NO/c1-5-8-12-10-11(3,6-2)7-9-13-4/h12H,5-10H2,1-4H3. The average Bonchev–Trinajstić information content (AvgIpc) is 2.15. The van der Waals surface area contributed by atoms with Crippen molar-refractivity contribution in [3.63, 3.8) is 0 Å². The third-order valence-corrected chi connectivity index (χ3v) is 2.74. The summed E-state index contributed by atoms with van der Waals surface area (Å²) in [4.78, 5) is 0. The molecule has 0 saturated carbocycles. The highest BCUT2D eigenvalue weighted by Crippen LogP contribution is 2.24. The van der Waals surface area contributed by atoms with Crippen molar-refractivity contribution in [2.24, 2.45) is 5.41 Å². The smallest absolute Gasteiger partial charge is 0.0467 e. The zero-order chi connectivity index (χ0) is 10.2. The van der Waals surface area contributed by atoms with Gasteiger partial charge in [0.15, 0.2) is 0 Å². The lowest BCUT2D eigenvalue weighted by Crippen LogP contribution is -2.32. The Morgan fingerprint density at radius 2 is 2.00 bits per heavy atom. The normalized spacial score (nSPS) is 15.7. The summed E-state index contributed by atoms with van der Waals surface area (Å²) in [7, 11) is 1.77. The average molecular weight is 187 g/mol. The zero-order valence-electron chi connectivity index (χ0n) is 9.65. The van der Waals surface area contributed by atoms with Gasteiger partial charge < -0.3 is 10.1 Å². The van der Waals surface area contributed by atoms with Gasteiger partial charge in [0.25, 0.3) is 0 Å². The van der Waals surface area contributed by atoms with E-state index in [1.54, 1.807) is 7.11 Å². The molecule has 13 heavy (non-hydrogen) atoms. The summed E-state index contributed by atoms with van der Waals surface area (Å²) >= 11 is 0. The van der Waals surface area contributed by atoms with Crippen LogP contribution in [0.1, 0.15) is 40.0 Å². The van der Waals surface area contributed by atoms with Crippen LogP contribution in [-0.4, -0.2) is 26.8 Å². The fourth-order valence-corrected chi connectivity index (χ4v) is 1.31. The molecule has 0 aromatic rings. The van der Waals surface area contributed by atoms with E-state index in [4.69, 9.17) is 4.74 Å². The minimum atomic E-state index is 0.408. The van der Waals surface area contributed by atoms with E-state index in [2.05, 4.69) is 26.1 Å². The molecular weight excluding hydrogens is 162 g/mol. The first-order valence-corrected chi connectivity index (χ1v) is 5.38. The number of nitrogens with one attached hydrogen (secondary N) is 1. The van der Waals surface area contributed by atoms with E-state index in [0.717, 1.165) is 26.1 Å². The van der Waals surface area contributed by atoms with Gasteiger partial charge >= 0.3 is 0 Å². The van der Waals surface area contributed by atoms with Crippen LogP contribution in [0.15, 0.2) is 0 Å². The van der Waals surface area contributed by atoms with Crippen LogP contribution in [0.5, 0.6) is 0 Å². The molecule has 1 N–H and O–H groups in total. The molecular formula is C11H25NO. The maximum Gasteiger partial charge on any atom is 0.0467 e. The van der Waals surface area contributed by atoms with E-state index in [-0.39, 0.29) is 0 Å². The minimum Gasteiger partial charge on any atom is -0.385 e. The Morgan fingerprint density at radius 1 is 1.31 bits per heavy atom. The monoisotopic (exact) mass is 187 g/mol. The molecule has 0 aromatic carbocycles. The van der Waals surface area contributed by atoms with E-state index in [9.17, 15) is 0 Å². The van der Waals surface area contributed by atoms with Crippen molar-refractivity contribution < 1.29 is 4.74 Å². The van der Waals surface area contributed by atoms with Gasteiger partial charge in [0.2, 0.25) is 0 Å². The largest absolute Gasteiger partial charge is 0.385 e. The molecule has 0 radical (unpaired) electrons. The van der Waals surface area contributed by atoms with Crippen LogP contribution in [0.4, 0.5) is 0 Å². The molecule has 0 heterocycles. The Bertz CT molecular complexity index is 117. The lowest BCUT2D eigenvalue weighted by Gasteiger charge is -2.28. The van der Waals surface area contributed by atoms with Gasteiger partial charge in [-0.05, 0) is 31.2 Å². The molecule has 2 heteroatoms. The van der Waals surface area contributed by atoms with Gasteiger partial charge in [0.05, 0.1) is 0 Å². The van der Waals surface area contributed by atoms with Gasteiger partial charge in [0, 0.05) is 20.3 Å². The quantitative estimate of drug-likeness (QED) is 0.589. The maximum absolute atomic E-state index is 5.12. The van der Waals surface area contributed by atoms with E-state index in [0.29, 0.717) is 5.41 Å². The summed E-state index contributed by atoms with van der Waals surface area (Å²) in [6.07, 6.45) is 3.58. The maximum atomic E-state index is 5.12. The summed E-state index contributed by atoms with van der Waals surface area (Å²) in [5.41, 5.74) is 0.408.